The zero-order valence-electron chi connectivity index (χ0n) is 12.5. The Balaban J connectivity index is 1.99. The Morgan fingerprint density at radius 1 is 1.43 bits per heavy atom. The molecule has 0 N–H and O–H groups in total. The minimum Gasteiger partial charge on any atom is -0.476 e. The monoisotopic (exact) mass is 352 g/mol. The van der Waals surface area contributed by atoms with Crippen molar-refractivity contribution >= 4 is 27.9 Å². The summed E-state index contributed by atoms with van der Waals surface area (Å²) in [6, 6.07) is 4.25. The summed E-state index contributed by atoms with van der Waals surface area (Å²) >= 11 is 3.52. The van der Waals surface area contributed by atoms with Gasteiger partial charge in [-0.3, -0.25) is 0 Å². The Hall–Kier alpha value is -1.20. The van der Waals surface area contributed by atoms with Gasteiger partial charge in [-0.25, -0.2) is 9.98 Å². The third-order valence-corrected chi connectivity index (χ3v) is 3.85. The van der Waals surface area contributed by atoms with Crippen LogP contribution in [0.5, 0.6) is 0 Å². The third-order valence-electron chi connectivity index (χ3n) is 3.22. The van der Waals surface area contributed by atoms with Crippen LogP contribution in [0.15, 0.2) is 27.8 Å². The molecule has 0 aromatic carbocycles. The highest BCUT2D eigenvalue weighted by molar-refractivity contribution is 9.10. The predicted octanol–water partition coefficient (Wildman–Crippen LogP) is 3.64. The molecule has 1 aliphatic rings. The molecule has 0 saturated carbocycles. The Bertz CT molecular complexity index is 529. The fourth-order valence-electron chi connectivity index (χ4n) is 2.07. The molecule has 21 heavy (non-hydrogen) atoms. The molecule has 5 heteroatoms. The predicted molar refractivity (Wildman–Crippen MR) is 88.6 cm³/mol. The van der Waals surface area contributed by atoms with Crippen molar-refractivity contribution in [3.05, 3.63) is 34.1 Å². The van der Waals surface area contributed by atoms with Crippen molar-refractivity contribution in [3.63, 3.8) is 0 Å². The van der Waals surface area contributed by atoms with E-state index in [0.717, 1.165) is 22.3 Å². The molecule has 0 aliphatic carbocycles. The molecule has 0 saturated heterocycles. The Labute approximate surface area is 134 Å². The van der Waals surface area contributed by atoms with E-state index in [1.165, 1.54) is 12.8 Å². The van der Waals surface area contributed by atoms with Crippen molar-refractivity contribution in [2.75, 3.05) is 20.3 Å². The minimum absolute atomic E-state index is 0.104. The number of rotatable bonds is 7. The number of aliphatic imine (C=N–C) groups is 1. The molecule has 0 fully saturated rings. The minimum atomic E-state index is 0.104. The smallest absolute Gasteiger partial charge is 0.209 e. The first kappa shape index (κ1) is 16.2. The second-order valence-electron chi connectivity index (χ2n) is 5.01. The van der Waals surface area contributed by atoms with Crippen LogP contribution in [0.3, 0.4) is 0 Å². The SMILES string of the molecule is CCCCc1ccc(/C=C/C2=NC(COC)CO2)c(Br)n1. The number of pyridine rings is 1. The number of hydrogen-bond donors (Lipinski definition) is 0. The molecule has 4 nitrogen and oxygen atoms in total. The quantitative estimate of drug-likeness (QED) is 0.703. The molecule has 1 aliphatic heterocycles. The number of aryl methyl sites for hydroxylation is 1. The van der Waals surface area contributed by atoms with Gasteiger partial charge in [-0.05, 0) is 40.9 Å². The van der Waals surface area contributed by atoms with Crippen molar-refractivity contribution in [3.8, 4) is 0 Å². The average Bonchev–Trinajstić information content (AvgIpc) is 2.92. The molecule has 1 aromatic rings. The van der Waals surface area contributed by atoms with Crippen molar-refractivity contribution in [1.82, 2.24) is 4.98 Å². The Morgan fingerprint density at radius 3 is 3.00 bits per heavy atom. The average molecular weight is 353 g/mol. The van der Waals surface area contributed by atoms with Gasteiger partial charge in [0.05, 0.1) is 6.61 Å². The molecule has 2 rings (SSSR count). The van der Waals surface area contributed by atoms with Crippen LogP contribution in [0.2, 0.25) is 0 Å². The van der Waals surface area contributed by atoms with Gasteiger partial charge in [0.15, 0.2) is 0 Å². The van der Waals surface area contributed by atoms with Gasteiger partial charge >= 0.3 is 0 Å². The first-order valence-corrected chi connectivity index (χ1v) is 8.05. The molecular formula is C16H21BrN2O2. The number of unbranched alkanes of at least 4 members (excludes halogenated alkanes) is 1. The second kappa shape index (κ2) is 8.29. The van der Waals surface area contributed by atoms with Crippen LogP contribution in [0.25, 0.3) is 6.08 Å². The standard InChI is InChI=1S/C16H21BrN2O2/c1-3-4-5-13-8-6-12(16(17)19-13)7-9-15-18-14(10-20-2)11-21-15/h6-9,14H,3-5,10-11H2,1-2H3/b9-7+. The summed E-state index contributed by atoms with van der Waals surface area (Å²) in [6.07, 6.45) is 7.21. The molecule has 114 valence electrons. The number of halogens is 1. The molecule has 0 amide bonds. The topological polar surface area (TPSA) is 43.7 Å². The van der Waals surface area contributed by atoms with Gasteiger partial charge in [0, 0.05) is 24.4 Å². The van der Waals surface area contributed by atoms with Crippen molar-refractivity contribution in [1.29, 1.82) is 0 Å². The lowest BCUT2D eigenvalue weighted by Crippen LogP contribution is -2.12. The van der Waals surface area contributed by atoms with Crippen LogP contribution in [-0.2, 0) is 15.9 Å². The maximum atomic E-state index is 5.50. The lowest BCUT2D eigenvalue weighted by molar-refractivity contribution is 0.165. The highest BCUT2D eigenvalue weighted by Crippen LogP contribution is 2.18. The molecule has 0 spiro atoms. The number of ether oxygens (including phenoxy) is 2. The lowest BCUT2D eigenvalue weighted by Gasteiger charge is -2.03. The summed E-state index contributed by atoms with van der Waals surface area (Å²) in [6.45, 7) is 3.36. The van der Waals surface area contributed by atoms with E-state index in [4.69, 9.17) is 9.47 Å². The molecule has 0 radical (unpaired) electrons. The molecule has 0 bridgehead atoms. The van der Waals surface area contributed by atoms with Crippen LogP contribution in [0.1, 0.15) is 31.0 Å². The zero-order valence-corrected chi connectivity index (χ0v) is 14.1. The van der Waals surface area contributed by atoms with Gasteiger partial charge in [0.2, 0.25) is 5.90 Å². The first-order valence-electron chi connectivity index (χ1n) is 7.26. The number of hydrogen-bond acceptors (Lipinski definition) is 4. The molecular weight excluding hydrogens is 332 g/mol. The van der Waals surface area contributed by atoms with E-state index < -0.39 is 0 Å². The maximum absolute atomic E-state index is 5.50. The van der Waals surface area contributed by atoms with Crippen LogP contribution >= 0.6 is 15.9 Å². The van der Waals surface area contributed by atoms with E-state index in [2.05, 4.69) is 45.0 Å². The Morgan fingerprint density at radius 2 is 2.29 bits per heavy atom. The lowest BCUT2D eigenvalue weighted by atomic mass is 10.1. The van der Waals surface area contributed by atoms with Crippen molar-refractivity contribution in [2.24, 2.45) is 4.99 Å². The second-order valence-corrected chi connectivity index (χ2v) is 5.76. The van der Waals surface area contributed by atoms with Crippen LogP contribution in [-0.4, -0.2) is 37.2 Å². The summed E-state index contributed by atoms with van der Waals surface area (Å²) in [5, 5.41) is 0. The fraction of sp³-hybridized carbons (Fsp3) is 0.500. The van der Waals surface area contributed by atoms with Gasteiger partial charge in [-0.2, -0.15) is 0 Å². The highest BCUT2D eigenvalue weighted by atomic mass is 79.9. The maximum Gasteiger partial charge on any atom is 0.209 e. The molecule has 1 aromatic heterocycles. The first-order chi connectivity index (χ1) is 10.2. The molecule has 2 heterocycles. The molecule has 1 atom stereocenters. The largest absolute Gasteiger partial charge is 0.476 e. The van der Waals surface area contributed by atoms with Crippen molar-refractivity contribution in [2.45, 2.75) is 32.2 Å². The summed E-state index contributed by atoms with van der Waals surface area (Å²) in [7, 11) is 1.67. The van der Waals surface area contributed by atoms with Crippen LogP contribution < -0.4 is 0 Å². The number of nitrogens with zero attached hydrogens (tertiary/aromatic N) is 2. The number of aromatic nitrogens is 1. The number of methoxy groups -OCH3 is 1. The summed E-state index contributed by atoms with van der Waals surface area (Å²) < 4.78 is 11.4. The van der Waals surface area contributed by atoms with E-state index in [1.807, 2.05) is 12.2 Å². The zero-order chi connectivity index (χ0) is 15.1. The van der Waals surface area contributed by atoms with Crippen molar-refractivity contribution < 1.29 is 9.47 Å². The summed E-state index contributed by atoms with van der Waals surface area (Å²) in [5.41, 5.74) is 2.15. The Kier molecular flexibility index (Phi) is 6.39. The van der Waals surface area contributed by atoms with Gasteiger partial charge in [-0.15, -0.1) is 0 Å². The van der Waals surface area contributed by atoms with E-state index in [0.29, 0.717) is 19.1 Å². The van der Waals surface area contributed by atoms with Gasteiger partial charge < -0.3 is 9.47 Å². The third kappa shape index (κ3) is 4.93. The summed E-state index contributed by atoms with van der Waals surface area (Å²) in [5.74, 6) is 0.652. The van der Waals surface area contributed by atoms with E-state index >= 15 is 0 Å². The fourth-order valence-corrected chi connectivity index (χ4v) is 2.56. The van der Waals surface area contributed by atoms with Gasteiger partial charge in [0.1, 0.15) is 17.3 Å². The van der Waals surface area contributed by atoms with Crippen LogP contribution in [0.4, 0.5) is 0 Å². The normalized spacial score (nSPS) is 18.0. The van der Waals surface area contributed by atoms with Crippen LogP contribution in [0, 0.1) is 0 Å². The van der Waals surface area contributed by atoms with Gasteiger partial charge in [0.25, 0.3) is 0 Å². The van der Waals surface area contributed by atoms with E-state index in [1.54, 1.807) is 7.11 Å². The van der Waals surface area contributed by atoms with Gasteiger partial charge in [-0.1, -0.05) is 19.4 Å². The summed E-state index contributed by atoms with van der Waals surface area (Å²) in [4.78, 5) is 8.99. The van der Waals surface area contributed by atoms with E-state index in [9.17, 15) is 0 Å². The molecule has 1 unspecified atom stereocenters. The van der Waals surface area contributed by atoms with E-state index in [-0.39, 0.29) is 6.04 Å². The highest BCUT2D eigenvalue weighted by Gasteiger charge is 2.16.